The first-order valence-electron chi connectivity index (χ1n) is 8.78. The summed E-state index contributed by atoms with van der Waals surface area (Å²) in [5.41, 5.74) is -0.852. The van der Waals surface area contributed by atoms with E-state index in [4.69, 9.17) is 0 Å². The summed E-state index contributed by atoms with van der Waals surface area (Å²) in [6.45, 7) is 0.690. The SMILES string of the molecule is COC(=O)CCCC(=O)N1CCC[C@H](C(=O)c2cccc(C(F)(F)F)c2)C1. The number of likely N-dealkylation sites (tertiary alicyclic amines) is 1. The van der Waals surface area contributed by atoms with Crippen molar-refractivity contribution in [3.63, 3.8) is 0 Å². The topological polar surface area (TPSA) is 63.7 Å². The standard InChI is InChI=1S/C19H22F3NO4/c1-27-17(25)9-3-8-16(24)23-10-4-6-14(12-23)18(26)13-5-2-7-15(11-13)19(20,21)22/h2,5,7,11,14H,3-4,6,8-10,12H2,1H3/t14-/m0/s1. The molecule has 27 heavy (non-hydrogen) atoms. The van der Waals surface area contributed by atoms with Crippen molar-refractivity contribution in [2.45, 2.75) is 38.3 Å². The molecule has 0 bridgehead atoms. The molecule has 1 saturated heterocycles. The molecule has 1 heterocycles. The van der Waals surface area contributed by atoms with E-state index in [1.165, 1.54) is 19.2 Å². The first-order valence-corrected chi connectivity index (χ1v) is 8.78. The highest BCUT2D eigenvalue weighted by atomic mass is 19.4. The Balaban J connectivity index is 1.98. The van der Waals surface area contributed by atoms with Crippen LogP contribution in [0.5, 0.6) is 0 Å². The molecule has 0 aliphatic carbocycles. The minimum atomic E-state index is -4.51. The Bertz CT molecular complexity index is 702. The number of ether oxygens (including phenoxy) is 1. The van der Waals surface area contributed by atoms with Gasteiger partial charge in [0.1, 0.15) is 0 Å². The lowest BCUT2D eigenvalue weighted by Gasteiger charge is -2.32. The molecule has 1 fully saturated rings. The molecular formula is C19H22F3NO4. The Hall–Kier alpha value is -2.38. The van der Waals surface area contributed by atoms with Gasteiger partial charge in [-0.05, 0) is 31.4 Å². The van der Waals surface area contributed by atoms with Crippen LogP contribution in [-0.4, -0.2) is 42.8 Å². The van der Waals surface area contributed by atoms with Crippen molar-refractivity contribution in [1.29, 1.82) is 0 Å². The van der Waals surface area contributed by atoms with Crippen molar-refractivity contribution < 1.29 is 32.3 Å². The molecule has 148 valence electrons. The third-order valence-corrected chi connectivity index (χ3v) is 4.62. The number of esters is 1. The summed E-state index contributed by atoms with van der Waals surface area (Å²) in [5.74, 6) is -1.46. The lowest BCUT2D eigenvalue weighted by Crippen LogP contribution is -2.42. The second-order valence-corrected chi connectivity index (χ2v) is 6.55. The number of methoxy groups -OCH3 is 1. The van der Waals surface area contributed by atoms with Crippen LogP contribution in [0.4, 0.5) is 13.2 Å². The maximum Gasteiger partial charge on any atom is 0.416 e. The van der Waals surface area contributed by atoms with Gasteiger partial charge in [0.25, 0.3) is 0 Å². The Morgan fingerprint density at radius 1 is 1.22 bits per heavy atom. The molecule has 0 N–H and O–H groups in total. The second-order valence-electron chi connectivity index (χ2n) is 6.55. The van der Waals surface area contributed by atoms with Crippen molar-refractivity contribution in [2.75, 3.05) is 20.2 Å². The summed E-state index contributed by atoms with van der Waals surface area (Å²) in [4.78, 5) is 37.5. The van der Waals surface area contributed by atoms with Gasteiger partial charge in [-0.3, -0.25) is 14.4 Å². The van der Waals surface area contributed by atoms with E-state index < -0.39 is 17.7 Å². The first kappa shape index (κ1) is 20.9. The summed E-state index contributed by atoms with van der Waals surface area (Å²) in [6.07, 6.45) is -2.71. The van der Waals surface area contributed by atoms with Gasteiger partial charge in [0.15, 0.2) is 5.78 Å². The zero-order valence-electron chi connectivity index (χ0n) is 15.1. The fraction of sp³-hybridized carbons (Fsp3) is 0.526. The molecule has 8 heteroatoms. The van der Waals surface area contributed by atoms with Gasteiger partial charge in [-0.15, -0.1) is 0 Å². The van der Waals surface area contributed by atoms with Crippen LogP contribution in [0.2, 0.25) is 0 Å². The Morgan fingerprint density at radius 2 is 1.96 bits per heavy atom. The molecule has 1 atom stereocenters. The highest BCUT2D eigenvalue weighted by molar-refractivity contribution is 5.98. The zero-order valence-corrected chi connectivity index (χ0v) is 15.1. The molecular weight excluding hydrogens is 363 g/mol. The average Bonchev–Trinajstić information content (AvgIpc) is 2.66. The smallest absolute Gasteiger partial charge is 0.416 e. The van der Waals surface area contributed by atoms with Gasteiger partial charge in [0.2, 0.25) is 5.91 Å². The van der Waals surface area contributed by atoms with Crippen LogP contribution in [0.15, 0.2) is 24.3 Å². The van der Waals surface area contributed by atoms with Crippen LogP contribution < -0.4 is 0 Å². The van der Waals surface area contributed by atoms with Crippen molar-refractivity contribution >= 4 is 17.7 Å². The molecule has 0 saturated carbocycles. The Morgan fingerprint density at radius 3 is 2.63 bits per heavy atom. The van der Waals surface area contributed by atoms with Crippen LogP contribution in [0.1, 0.15) is 48.0 Å². The van der Waals surface area contributed by atoms with E-state index in [9.17, 15) is 27.6 Å². The summed E-state index contributed by atoms with van der Waals surface area (Å²) in [7, 11) is 1.28. The molecule has 1 aliphatic rings. The summed E-state index contributed by atoms with van der Waals surface area (Å²) < 4.78 is 43.1. The summed E-state index contributed by atoms with van der Waals surface area (Å²) in [5, 5.41) is 0. The van der Waals surface area contributed by atoms with Gasteiger partial charge in [-0.25, -0.2) is 0 Å². The van der Waals surface area contributed by atoms with Gasteiger partial charge < -0.3 is 9.64 Å². The number of halogens is 3. The normalized spacial score (nSPS) is 17.5. The van der Waals surface area contributed by atoms with E-state index >= 15 is 0 Å². The van der Waals surface area contributed by atoms with Crippen molar-refractivity contribution in [3.05, 3.63) is 35.4 Å². The number of hydrogen-bond donors (Lipinski definition) is 0. The third kappa shape index (κ3) is 5.80. The average molecular weight is 385 g/mol. The molecule has 0 aromatic heterocycles. The molecule has 1 aromatic carbocycles. The van der Waals surface area contributed by atoms with Crippen molar-refractivity contribution in [2.24, 2.45) is 5.92 Å². The predicted octanol–water partition coefficient (Wildman–Crippen LogP) is 3.47. The zero-order chi connectivity index (χ0) is 20.0. The summed E-state index contributed by atoms with van der Waals surface area (Å²) in [6, 6.07) is 4.37. The minimum absolute atomic E-state index is 0.00909. The first-order chi connectivity index (χ1) is 12.7. The fourth-order valence-electron chi connectivity index (χ4n) is 3.15. The molecule has 1 aliphatic heterocycles. The molecule has 2 rings (SSSR count). The maximum absolute atomic E-state index is 12.8. The van der Waals surface area contributed by atoms with Gasteiger partial charge in [0.05, 0.1) is 12.7 Å². The fourth-order valence-corrected chi connectivity index (χ4v) is 3.15. The van der Waals surface area contributed by atoms with Crippen LogP contribution in [0.3, 0.4) is 0 Å². The molecule has 5 nitrogen and oxygen atoms in total. The monoisotopic (exact) mass is 385 g/mol. The number of carbonyl (C=O) groups excluding carboxylic acids is 3. The maximum atomic E-state index is 12.8. The van der Waals surface area contributed by atoms with E-state index in [0.717, 1.165) is 12.1 Å². The van der Waals surface area contributed by atoms with Gasteiger partial charge in [-0.1, -0.05) is 12.1 Å². The number of piperidine rings is 1. The van der Waals surface area contributed by atoms with Crippen molar-refractivity contribution in [3.8, 4) is 0 Å². The second kappa shape index (κ2) is 9.01. The summed E-state index contributed by atoms with van der Waals surface area (Å²) >= 11 is 0. The lowest BCUT2D eigenvalue weighted by molar-refractivity contribution is -0.141. The number of nitrogens with zero attached hydrogens (tertiary/aromatic N) is 1. The van der Waals surface area contributed by atoms with E-state index in [1.807, 2.05) is 0 Å². The highest BCUT2D eigenvalue weighted by Gasteiger charge is 2.33. The van der Waals surface area contributed by atoms with Gasteiger partial charge in [-0.2, -0.15) is 13.2 Å². The molecule has 1 aromatic rings. The number of Topliss-reactive ketones (excluding diaryl/α,β-unsaturated/α-hetero) is 1. The quantitative estimate of drug-likeness (QED) is 0.556. The van der Waals surface area contributed by atoms with E-state index in [1.54, 1.807) is 4.90 Å². The Labute approximate surface area is 155 Å². The Kier molecular flexibility index (Phi) is 6.98. The van der Waals surface area contributed by atoms with Crippen LogP contribution in [0, 0.1) is 5.92 Å². The van der Waals surface area contributed by atoms with Crippen LogP contribution >= 0.6 is 0 Å². The predicted molar refractivity (Wildman–Crippen MR) is 90.9 cm³/mol. The molecule has 0 spiro atoms. The van der Waals surface area contributed by atoms with Crippen LogP contribution in [-0.2, 0) is 20.5 Å². The van der Waals surface area contributed by atoms with E-state index in [-0.39, 0.29) is 42.6 Å². The number of amides is 1. The van der Waals surface area contributed by atoms with Gasteiger partial charge >= 0.3 is 12.1 Å². The number of alkyl halides is 3. The van der Waals surface area contributed by atoms with Crippen LogP contribution in [0.25, 0.3) is 0 Å². The minimum Gasteiger partial charge on any atom is -0.469 e. The van der Waals surface area contributed by atoms with Crippen molar-refractivity contribution in [1.82, 2.24) is 4.90 Å². The largest absolute Gasteiger partial charge is 0.469 e. The highest BCUT2D eigenvalue weighted by Crippen LogP contribution is 2.30. The third-order valence-electron chi connectivity index (χ3n) is 4.62. The number of carbonyl (C=O) groups is 3. The number of ketones is 1. The lowest BCUT2D eigenvalue weighted by atomic mass is 9.89. The molecule has 0 unspecified atom stereocenters. The van der Waals surface area contributed by atoms with Gasteiger partial charge in [0, 0.05) is 37.4 Å². The van der Waals surface area contributed by atoms with E-state index in [2.05, 4.69) is 4.74 Å². The van der Waals surface area contributed by atoms with E-state index in [0.29, 0.717) is 25.8 Å². The molecule has 1 amide bonds. The number of benzene rings is 1. The number of hydrogen-bond acceptors (Lipinski definition) is 4. The number of rotatable bonds is 6. The molecule has 0 radical (unpaired) electrons.